The van der Waals surface area contributed by atoms with Crippen molar-refractivity contribution < 1.29 is 24.2 Å². The molecule has 0 saturated carbocycles. The number of carbonyl (C=O) groups excluding carboxylic acids is 3. The van der Waals surface area contributed by atoms with Crippen molar-refractivity contribution >= 4 is 23.4 Å². The molecule has 1 aliphatic rings. The lowest BCUT2D eigenvalue weighted by atomic mass is 10.2. The van der Waals surface area contributed by atoms with Gasteiger partial charge < -0.3 is 20.9 Å². The first kappa shape index (κ1) is 18.2. The van der Waals surface area contributed by atoms with Crippen LogP contribution >= 0.6 is 0 Å². The summed E-state index contributed by atoms with van der Waals surface area (Å²) in [4.78, 5) is 36.2. The van der Waals surface area contributed by atoms with Gasteiger partial charge in [-0.1, -0.05) is 12.1 Å². The van der Waals surface area contributed by atoms with Gasteiger partial charge in [0.15, 0.2) is 5.75 Å². The first-order chi connectivity index (χ1) is 13.0. The van der Waals surface area contributed by atoms with Gasteiger partial charge in [-0.2, -0.15) is 0 Å². The van der Waals surface area contributed by atoms with E-state index >= 15 is 0 Å². The normalized spacial score (nSPS) is 13.5. The van der Waals surface area contributed by atoms with E-state index in [1.54, 1.807) is 48.5 Å². The minimum Gasteiger partial charge on any atom is -0.455 e. The number of nitrogens with two attached hydrogens (primary N) is 1. The predicted octanol–water partition coefficient (Wildman–Crippen LogP) is 1.23. The van der Waals surface area contributed by atoms with Crippen molar-refractivity contribution in [1.82, 2.24) is 4.90 Å². The van der Waals surface area contributed by atoms with E-state index in [0.717, 1.165) is 4.90 Å². The fourth-order valence-electron chi connectivity index (χ4n) is 2.53. The molecule has 0 aliphatic carbocycles. The highest BCUT2D eigenvalue weighted by Gasteiger charge is 2.31. The van der Waals surface area contributed by atoms with E-state index in [9.17, 15) is 14.4 Å². The van der Waals surface area contributed by atoms with Gasteiger partial charge in [0.2, 0.25) is 5.91 Å². The molecule has 0 spiro atoms. The summed E-state index contributed by atoms with van der Waals surface area (Å²) >= 11 is 0. The molecule has 2 aromatic rings. The lowest BCUT2D eigenvalue weighted by molar-refractivity contribution is -0.137. The fourth-order valence-corrected chi connectivity index (χ4v) is 2.53. The molecule has 1 aliphatic heterocycles. The Labute approximate surface area is 154 Å². The summed E-state index contributed by atoms with van der Waals surface area (Å²) in [7, 11) is 0. The summed E-state index contributed by atoms with van der Waals surface area (Å²) in [5.41, 5.74) is 6.15. The fraction of sp³-hybridized carbons (Fsp3) is 0.105. The van der Waals surface area contributed by atoms with Crippen LogP contribution in [0.5, 0.6) is 11.5 Å². The van der Waals surface area contributed by atoms with E-state index < -0.39 is 17.7 Å². The number of hydrogen-bond donors (Lipinski definition) is 3. The van der Waals surface area contributed by atoms with E-state index in [4.69, 9.17) is 15.6 Å². The number of aliphatic hydroxyl groups is 1. The molecule has 0 bridgehead atoms. The smallest absolute Gasteiger partial charge is 0.277 e. The Morgan fingerprint density at radius 3 is 2.48 bits per heavy atom. The predicted molar refractivity (Wildman–Crippen MR) is 97.0 cm³/mol. The molecule has 138 valence electrons. The number of aliphatic hydroxyl groups excluding tert-OH is 1. The minimum absolute atomic E-state index is 0.0658. The molecule has 1 heterocycles. The van der Waals surface area contributed by atoms with Gasteiger partial charge in [-0.3, -0.25) is 19.3 Å². The number of rotatable bonds is 7. The number of ether oxygens (including phenoxy) is 1. The lowest BCUT2D eigenvalue weighted by Crippen LogP contribution is -2.34. The van der Waals surface area contributed by atoms with Crippen LogP contribution in [-0.2, 0) is 9.59 Å². The molecule has 2 aromatic carbocycles. The number of carbonyl (C=O) groups is 3. The number of nitrogens with zero attached hydrogens (tertiary/aromatic N) is 1. The number of benzene rings is 2. The van der Waals surface area contributed by atoms with Crippen LogP contribution in [0.3, 0.4) is 0 Å². The second kappa shape index (κ2) is 7.71. The number of primary amides is 1. The monoisotopic (exact) mass is 367 g/mol. The van der Waals surface area contributed by atoms with Gasteiger partial charge in [-0.15, -0.1) is 0 Å². The number of hydrogen-bond acceptors (Lipinski definition) is 6. The van der Waals surface area contributed by atoms with Crippen LogP contribution < -0.4 is 15.8 Å². The summed E-state index contributed by atoms with van der Waals surface area (Å²) < 4.78 is 5.80. The maximum Gasteiger partial charge on any atom is 0.277 e. The van der Waals surface area contributed by atoms with Crippen LogP contribution in [0.1, 0.15) is 10.4 Å². The van der Waals surface area contributed by atoms with E-state index in [1.807, 2.05) is 0 Å². The van der Waals surface area contributed by atoms with Crippen molar-refractivity contribution in [2.75, 3.05) is 18.5 Å². The summed E-state index contributed by atoms with van der Waals surface area (Å²) in [5.74, 6) is -0.649. The number of β-amino-alcohol motifs (C(OH)–C–C–N with tert-alkyl or cyclic N) is 1. The highest BCUT2D eigenvalue weighted by Crippen LogP contribution is 2.31. The molecular formula is C19H17N3O5. The maximum absolute atomic E-state index is 12.3. The molecule has 0 fully saturated rings. The van der Waals surface area contributed by atoms with Gasteiger partial charge in [0.25, 0.3) is 11.8 Å². The zero-order valence-electron chi connectivity index (χ0n) is 14.2. The van der Waals surface area contributed by atoms with E-state index in [-0.39, 0.29) is 18.8 Å². The van der Waals surface area contributed by atoms with Crippen LogP contribution in [0.25, 0.3) is 0 Å². The molecule has 0 unspecified atom stereocenters. The molecule has 0 saturated heterocycles. The van der Waals surface area contributed by atoms with Gasteiger partial charge >= 0.3 is 0 Å². The van der Waals surface area contributed by atoms with Gasteiger partial charge in [0, 0.05) is 11.6 Å². The third-order valence-corrected chi connectivity index (χ3v) is 3.86. The maximum atomic E-state index is 12.3. The zero-order valence-corrected chi connectivity index (χ0v) is 14.2. The Kier molecular flexibility index (Phi) is 5.18. The van der Waals surface area contributed by atoms with Crippen LogP contribution in [0.2, 0.25) is 0 Å². The molecule has 3 amide bonds. The average molecular weight is 367 g/mol. The molecule has 4 N–H and O–H groups in total. The van der Waals surface area contributed by atoms with Gasteiger partial charge in [0.1, 0.15) is 11.4 Å². The molecule has 27 heavy (non-hydrogen) atoms. The molecule has 8 heteroatoms. The second-order valence-electron chi connectivity index (χ2n) is 5.69. The standard InChI is InChI=1S/C19H17N3O5/c20-18(25)12-5-7-13(8-6-12)27-16-4-2-1-3-14(16)21-15-11-17(24)22(9-10-23)19(15)26/h1-8,11,21,23H,9-10H2,(H2,20,25). The minimum atomic E-state index is -0.535. The Hall–Kier alpha value is -3.65. The van der Waals surface area contributed by atoms with Crippen molar-refractivity contribution in [3.63, 3.8) is 0 Å². The first-order valence-electron chi connectivity index (χ1n) is 8.12. The quantitative estimate of drug-likeness (QED) is 0.633. The molecule has 0 radical (unpaired) electrons. The Morgan fingerprint density at radius 1 is 1.11 bits per heavy atom. The van der Waals surface area contributed by atoms with Gasteiger partial charge in [-0.25, -0.2) is 0 Å². The Morgan fingerprint density at radius 2 is 1.81 bits per heavy atom. The number of anilines is 1. The highest BCUT2D eigenvalue weighted by molar-refractivity contribution is 6.17. The van der Waals surface area contributed by atoms with E-state index in [0.29, 0.717) is 22.7 Å². The Balaban J connectivity index is 1.79. The third kappa shape index (κ3) is 3.96. The third-order valence-electron chi connectivity index (χ3n) is 3.86. The molecule has 0 atom stereocenters. The summed E-state index contributed by atoms with van der Waals surface area (Å²) in [6.45, 7) is -0.372. The summed E-state index contributed by atoms with van der Waals surface area (Å²) in [5, 5.41) is 11.9. The summed E-state index contributed by atoms with van der Waals surface area (Å²) in [6, 6.07) is 13.2. The van der Waals surface area contributed by atoms with E-state index in [1.165, 1.54) is 6.08 Å². The van der Waals surface area contributed by atoms with Crippen LogP contribution in [0, 0.1) is 0 Å². The molecular weight excluding hydrogens is 350 g/mol. The lowest BCUT2D eigenvalue weighted by Gasteiger charge is -2.15. The second-order valence-corrected chi connectivity index (χ2v) is 5.69. The molecule has 0 aromatic heterocycles. The largest absolute Gasteiger partial charge is 0.455 e. The van der Waals surface area contributed by atoms with Crippen LogP contribution in [-0.4, -0.2) is 40.9 Å². The highest BCUT2D eigenvalue weighted by atomic mass is 16.5. The first-order valence-corrected chi connectivity index (χ1v) is 8.12. The number of imide groups is 1. The van der Waals surface area contributed by atoms with Crippen molar-refractivity contribution in [2.24, 2.45) is 5.73 Å². The zero-order chi connectivity index (χ0) is 19.4. The number of amides is 3. The van der Waals surface area contributed by atoms with Crippen LogP contribution in [0.15, 0.2) is 60.3 Å². The van der Waals surface area contributed by atoms with Gasteiger partial charge in [-0.05, 0) is 36.4 Å². The van der Waals surface area contributed by atoms with Crippen LogP contribution in [0.4, 0.5) is 5.69 Å². The molecule has 3 rings (SSSR count). The van der Waals surface area contributed by atoms with E-state index in [2.05, 4.69) is 5.32 Å². The number of nitrogens with one attached hydrogen (secondary N) is 1. The average Bonchev–Trinajstić information content (AvgIpc) is 2.91. The van der Waals surface area contributed by atoms with Crippen molar-refractivity contribution in [1.29, 1.82) is 0 Å². The molecule has 8 nitrogen and oxygen atoms in total. The van der Waals surface area contributed by atoms with Crippen molar-refractivity contribution in [3.05, 3.63) is 65.9 Å². The number of para-hydroxylation sites is 2. The van der Waals surface area contributed by atoms with Gasteiger partial charge in [0.05, 0.1) is 18.8 Å². The van der Waals surface area contributed by atoms with Crippen molar-refractivity contribution in [2.45, 2.75) is 0 Å². The SMILES string of the molecule is NC(=O)c1ccc(Oc2ccccc2NC2=CC(=O)N(CCO)C2=O)cc1. The Bertz CT molecular complexity index is 921. The summed E-state index contributed by atoms with van der Waals surface area (Å²) in [6.07, 6.45) is 1.18. The topological polar surface area (TPSA) is 122 Å². The van der Waals surface area contributed by atoms with Crippen molar-refractivity contribution in [3.8, 4) is 11.5 Å².